The van der Waals surface area contributed by atoms with Crippen LogP contribution in [0.3, 0.4) is 0 Å². The number of nitrogens with two attached hydrogens (primary N) is 1. The topological polar surface area (TPSA) is 120 Å². The molecule has 0 aliphatic rings. The molecule has 8 nitrogen and oxygen atoms in total. The predicted molar refractivity (Wildman–Crippen MR) is 99.5 cm³/mol. The first kappa shape index (κ1) is 19.0. The van der Waals surface area contributed by atoms with Gasteiger partial charge in [0.15, 0.2) is 0 Å². The standard InChI is InChI=1S/C18H20N4O4S/c1-25-16-5-3-2-4-15(16)18-22-21-17(26-18)12-20-11-10-13-6-8-14(9-7-13)27(19,23)24/h2-9,20H,10-12H2,1H3,(H2,19,23,24). The highest BCUT2D eigenvalue weighted by Gasteiger charge is 2.12. The van der Waals surface area contributed by atoms with Crippen LogP contribution in [0.25, 0.3) is 11.5 Å². The lowest BCUT2D eigenvalue weighted by atomic mass is 10.1. The van der Waals surface area contributed by atoms with E-state index in [9.17, 15) is 8.42 Å². The van der Waals surface area contributed by atoms with Gasteiger partial charge in [0.05, 0.1) is 24.1 Å². The fourth-order valence-electron chi connectivity index (χ4n) is 2.53. The molecule has 0 fully saturated rings. The Morgan fingerprint density at radius 1 is 1.11 bits per heavy atom. The summed E-state index contributed by atoms with van der Waals surface area (Å²) in [5.74, 6) is 1.55. The number of hydrogen-bond donors (Lipinski definition) is 2. The van der Waals surface area contributed by atoms with Crippen LogP contribution in [-0.4, -0.2) is 32.3 Å². The Bertz CT molecular complexity index is 1000. The van der Waals surface area contributed by atoms with Crippen molar-refractivity contribution in [2.45, 2.75) is 17.9 Å². The quantitative estimate of drug-likeness (QED) is 0.564. The average Bonchev–Trinajstić information content (AvgIpc) is 3.13. The van der Waals surface area contributed by atoms with E-state index >= 15 is 0 Å². The van der Waals surface area contributed by atoms with Gasteiger partial charge in [-0.25, -0.2) is 13.6 Å². The number of nitrogens with one attached hydrogen (secondary N) is 1. The zero-order chi connectivity index (χ0) is 19.3. The van der Waals surface area contributed by atoms with Gasteiger partial charge < -0.3 is 14.5 Å². The van der Waals surface area contributed by atoms with E-state index in [4.69, 9.17) is 14.3 Å². The number of rotatable bonds is 8. The maximum Gasteiger partial charge on any atom is 0.251 e. The molecule has 142 valence electrons. The lowest BCUT2D eigenvalue weighted by Gasteiger charge is -2.04. The summed E-state index contributed by atoms with van der Waals surface area (Å²) in [6, 6.07) is 13.9. The van der Waals surface area contributed by atoms with Crippen molar-refractivity contribution in [2.75, 3.05) is 13.7 Å². The second kappa shape index (κ2) is 8.30. The van der Waals surface area contributed by atoms with Crippen LogP contribution in [0.4, 0.5) is 0 Å². The summed E-state index contributed by atoms with van der Waals surface area (Å²) in [5, 5.41) is 16.4. The van der Waals surface area contributed by atoms with E-state index in [1.807, 2.05) is 24.3 Å². The van der Waals surface area contributed by atoms with Crippen LogP contribution in [0.2, 0.25) is 0 Å². The molecule has 0 amide bonds. The minimum absolute atomic E-state index is 0.105. The van der Waals surface area contributed by atoms with E-state index in [0.717, 1.165) is 17.5 Å². The third-order valence-electron chi connectivity index (χ3n) is 3.92. The largest absolute Gasteiger partial charge is 0.496 e. The minimum atomic E-state index is -3.66. The van der Waals surface area contributed by atoms with Crippen molar-refractivity contribution in [3.63, 3.8) is 0 Å². The minimum Gasteiger partial charge on any atom is -0.496 e. The number of ether oxygens (including phenoxy) is 1. The Balaban J connectivity index is 1.52. The van der Waals surface area contributed by atoms with Crippen molar-refractivity contribution >= 4 is 10.0 Å². The Hall–Kier alpha value is -2.75. The highest BCUT2D eigenvalue weighted by atomic mass is 32.2. The van der Waals surface area contributed by atoms with E-state index < -0.39 is 10.0 Å². The van der Waals surface area contributed by atoms with Gasteiger partial charge in [-0.15, -0.1) is 10.2 Å². The molecule has 0 radical (unpaired) electrons. The van der Waals surface area contributed by atoms with Crippen LogP contribution in [0, 0.1) is 0 Å². The highest BCUT2D eigenvalue weighted by molar-refractivity contribution is 7.89. The zero-order valence-corrected chi connectivity index (χ0v) is 15.6. The van der Waals surface area contributed by atoms with Crippen molar-refractivity contribution < 1.29 is 17.6 Å². The van der Waals surface area contributed by atoms with E-state index in [1.54, 1.807) is 19.2 Å². The van der Waals surface area contributed by atoms with E-state index in [-0.39, 0.29) is 4.90 Å². The molecule has 3 N–H and O–H groups in total. The fourth-order valence-corrected chi connectivity index (χ4v) is 3.04. The van der Waals surface area contributed by atoms with E-state index in [0.29, 0.717) is 30.6 Å². The number of hydrogen-bond acceptors (Lipinski definition) is 7. The highest BCUT2D eigenvalue weighted by Crippen LogP contribution is 2.28. The maximum absolute atomic E-state index is 11.2. The van der Waals surface area contributed by atoms with Crippen molar-refractivity contribution in [1.82, 2.24) is 15.5 Å². The summed E-state index contributed by atoms with van der Waals surface area (Å²) in [6.07, 6.45) is 0.721. The molecule has 2 aromatic carbocycles. The maximum atomic E-state index is 11.2. The zero-order valence-electron chi connectivity index (χ0n) is 14.8. The van der Waals surface area contributed by atoms with Gasteiger partial charge in [-0.1, -0.05) is 24.3 Å². The number of nitrogens with zero attached hydrogens (tertiary/aromatic N) is 2. The van der Waals surface area contributed by atoms with Gasteiger partial charge in [0.1, 0.15) is 5.75 Å². The third kappa shape index (κ3) is 4.91. The SMILES string of the molecule is COc1ccccc1-c1nnc(CNCCc2ccc(S(N)(=O)=O)cc2)o1. The molecule has 0 aliphatic carbocycles. The number of primary sulfonamides is 1. The molecule has 3 rings (SSSR count). The summed E-state index contributed by atoms with van der Waals surface area (Å²) in [4.78, 5) is 0.105. The molecule has 1 aromatic heterocycles. The number of benzene rings is 2. The fraction of sp³-hybridized carbons (Fsp3) is 0.222. The molecule has 27 heavy (non-hydrogen) atoms. The summed E-state index contributed by atoms with van der Waals surface area (Å²) >= 11 is 0. The first-order chi connectivity index (χ1) is 13.0. The number of para-hydroxylation sites is 1. The van der Waals surface area contributed by atoms with Crippen LogP contribution in [-0.2, 0) is 23.0 Å². The molecule has 0 saturated heterocycles. The van der Waals surface area contributed by atoms with E-state index in [1.165, 1.54) is 12.1 Å². The Morgan fingerprint density at radius 3 is 2.56 bits per heavy atom. The van der Waals surface area contributed by atoms with Gasteiger partial charge in [-0.3, -0.25) is 0 Å². The smallest absolute Gasteiger partial charge is 0.251 e. The van der Waals surface area contributed by atoms with Crippen molar-refractivity contribution in [3.8, 4) is 17.2 Å². The summed E-state index contributed by atoms with van der Waals surface area (Å²) in [5.41, 5.74) is 1.74. The number of sulfonamides is 1. The Morgan fingerprint density at radius 2 is 1.85 bits per heavy atom. The lowest BCUT2D eigenvalue weighted by molar-refractivity contribution is 0.413. The monoisotopic (exact) mass is 388 g/mol. The molecule has 0 saturated carbocycles. The number of aromatic nitrogens is 2. The second-order valence-corrected chi connectivity index (χ2v) is 7.38. The lowest BCUT2D eigenvalue weighted by Crippen LogP contribution is -2.17. The molecule has 0 spiro atoms. The molecule has 0 unspecified atom stereocenters. The van der Waals surface area contributed by atoms with Crippen molar-refractivity contribution in [1.29, 1.82) is 0 Å². The van der Waals surface area contributed by atoms with Gasteiger partial charge in [-0.2, -0.15) is 0 Å². The van der Waals surface area contributed by atoms with Crippen LogP contribution >= 0.6 is 0 Å². The van der Waals surface area contributed by atoms with E-state index in [2.05, 4.69) is 15.5 Å². The average molecular weight is 388 g/mol. The summed E-state index contributed by atoms with van der Waals surface area (Å²) < 4.78 is 33.5. The second-order valence-electron chi connectivity index (χ2n) is 5.82. The van der Waals surface area contributed by atoms with Crippen molar-refractivity contribution in [3.05, 3.63) is 60.0 Å². The molecular weight excluding hydrogens is 368 g/mol. The van der Waals surface area contributed by atoms with Gasteiger partial charge in [0.2, 0.25) is 15.9 Å². The number of methoxy groups -OCH3 is 1. The predicted octanol–water partition coefficient (Wildman–Crippen LogP) is 1.72. The Kier molecular flexibility index (Phi) is 5.84. The van der Waals surface area contributed by atoms with Gasteiger partial charge in [0, 0.05) is 0 Å². The van der Waals surface area contributed by atoms with Crippen molar-refractivity contribution in [2.24, 2.45) is 5.14 Å². The third-order valence-corrected chi connectivity index (χ3v) is 4.85. The van der Waals surface area contributed by atoms with Gasteiger partial charge >= 0.3 is 0 Å². The van der Waals surface area contributed by atoms with Gasteiger partial charge in [0.25, 0.3) is 5.89 Å². The molecule has 0 aliphatic heterocycles. The molecule has 0 atom stereocenters. The molecular formula is C18H20N4O4S. The van der Waals surface area contributed by atoms with Crippen LogP contribution in [0.15, 0.2) is 57.8 Å². The first-order valence-electron chi connectivity index (χ1n) is 8.25. The molecule has 1 heterocycles. The molecule has 3 aromatic rings. The van der Waals surface area contributed by atoms with Gasteiger partial charge in [-0.05, 0) is 42.8 Å². The van der Waals surface area contributed by atoms with Crippen LogP contribution in [0.1, 0.15) is 11.5 Å². The molecule has 0 bridgehead atoms. The normalized spacial score (nSPS) is 11.5. The first-order valence-corrected chi connectivity index (χ1v) is 9.80. The molecule has 9 heteroatoms. The summed E-state index contributed by atoms with van der Waals surface area (Å²) in [7, 11) is -2.07. The van der Waals surface area contributed by atoms with Crippen LogP contribution in [0.5, 0.6) is 5.75 Å². The Labute approximate surface area is 157 Å². The van der Waals surface area contributed by atoms with Crippen LogP contribution < -0.4 is 15.2 Å². The summed E-state index contributed by atoms with van der Waals surface area (Å²) in [6.45, 7) is 1.10.